The van der Waals surface area contributed by atoms with Crippen LogP contribution in [0.4, 0.5) is 0 Å². The molecule has 0 atom stereocenters. The number of carbonyl (C=O) groups excluding carboxylic acids is 1. The largest absolute Gasteiger partial charge is 0.388 e. The van der Waals surface area contributed by atoms with Gasteiger partial charge in [0, 0.05) is 7.05 Å². The van der Waals surface area contributed by atoms with Crippen molar-refractivity contribution in [3.05, 3.63) is 21.9 Å². The minimum atomic E-state index is -1.05. The van der Waals surface area contributed by atoms with E-state index in [-0.39, 0.29) is 5.91 Å². The van der Waals surface area contributed by atoms with Crippen molar-refractivity contribution in [1.82, 2.24) is 9.88 Å². The van der Waals surface area contributed by atoms with Gasteiger partial charge >= 0.3 is 0 Å². The summed E-state index contributed by atoms with van der Waals surface area (Å²) < 4.78 is 1.50. The zero-order valence-corrected chi connectivity index (χ0v) is 12.6. The summed E-state index contributed by atoms with van der Waals surface area (Å²) in [6, 6.07) is 1.50. The third-order valence-electron chi connectivity index (χ3n) is 3.30. The van der Waals surface area contributed by atoms with E-state index < -0.39 is 11.1 Å². The van der Waals surface area contributed by atoms with Crippen LogP contribution in [-0.2, 0) is 7.05 Å². The van der Waals surface area contributed by atoms with E-state index in [9.17, 15) is 9.90 Å². The van der Waals surface area contributed by atoms with E-state index in [0.29, 0.717) is 15.9 Å². The number of nitrogens with zero attached hydrogens (tertiary/aromatic N) is 1. The maximum Gasteiger partial charge on any atom is 0.268 e. The van der Waals surface area contributed by atoms with E-state index in [1.165, 1.54) is 10.6 Å². The Balaban J connectivity index is 3.00. The van der Waals surface area contributed by atoms with Crippen molar-refractivity contribution in [2.24, 2.45) is 7.05 Å². The van der Waals surface area contributed by atoms with Crippen molar-refractivity contribution >= 4 is 29.1 Å². The first-order valence-electron chi connectivity index (χ1n) is 5.53. The summed E-state index contributed by atoms with van der Waals surface area (Å²) in [5.41, 5.74) is -1.49. The highest BCUT2D eigenvalue weighted by Crippen LogP contribution is 2.26. The lowest BCUT2D eigenvalue weighted by Gasteiger charge is -2.37. The van der Waals surface area contributed by atoms with Crippen molar-refractivity contribution in [3.8, 4) is 0 Å². The van der Waals surface area contributed by atoms with Crippen LogP contribution in [0.3, 0.4) is 0 Å². The first kappa shape index (κ1) is 15.3. The fourth-order valence-electron chi connectivity index (χ4n) is 1.26. The zero-order chi connectivity index (χ0) is 14.3. The molecule has 1 aromatic rings. The van der Waals surface area contributed by atoms with Gasteiger partial charge in [0.05, 0.1) is 16.2 Å². The highest BCUT2D eigenvalue weighted by molar-refractivity contribution is 6.41. The molecule has 0 aromatic carbocycles. The number of rotatable bonds is 3. The van der Waals surface area contributed by atoms with Crippen molar-refractivity contribution < 1.29 is 9.90 Å². The SMILES string of the molecule is Cn1c(C(=O)NC(C)(C)C(C)(C)O)cc(Cl)c1Cl. The second-order valence-electron chi connectivity index (χ2n) is 5.37. The van der Waals surface area contributed by atoms with E-state index in [2.05, 4.69) is 5.32 Å². The number of halogens is 2. The number of nitrogens with one attached hydrogen (secondary N) is 1. The summed E-state index contributed by atoms with van der Waals surface area (Å²) in [5.74, 6) is -0.335. The fraction of sp³-hybridized carbons (Fsp3) is 0.583. The molecule has 0 aliphatic rings. The quantitative estimate of drug-likeness (QED) is 0.900. The molecule has 0 bridgehead atoms. The van der Waals surface area contributed by atoms with Gasteiger partial charge in [0.1, 0.15) is 10.8 Å². The van der Waals surface area contributed by atoms with Gasteiger partial charge in [0.15, 0.2) is 0 Å². The molecule has 0 unspecified atom stereocenters. The Labute approximate surface area is 117 Å². The van der Waals surface area contributed by atoms with Gasteiger partial charge in [0.25, 0.3) is 5.91 Å². The number of amides is 1. The monoisotopic (exact) mass is 292 g/mol. The van der Waals surface area contributed by atoms with Crippen LogP contribution < -0.4 is 5.32 Å². The molecular formula is C12H18Cl2N2O2. The van der Waals surface area contributed by atoms with Gasteiger partial charge in [-0.3, -0.25) is 4.79 Å². The van der Waals surface area contributed by atoms with Crippen molar-refractivity contribution in [3.63, 3.8) is 0 Å². The number of hydrogen-bond acceptors (Lipinski definition) is 2. The molecule has 0 saturated heterocycles. The average Bonchev–Trinajstić information content (AvgIpc) is 2.43. The Morgan fingerprint density at radius 1 is 1.33 bits per heavy atom. The summed E-state index contributed by atoms with van der Waals surface area (Å²) in [6.45, 7) is 6.77. The van der Waals surface area contributed by atoms with Crippen molar-refractivity contribution in [1.29, 1.82) is 0 Å². The molecule has 102 valence electrons. The number of hydrogen-bond donors (Lipinski definition) is 2. The normalized spacial score (nSPS) is 12.7. The number of carbonyl (C=O) groups is 1. The third kappa shape index (κ3) is 2.82. The summed E-state index contributed by atoms with van der Waals surface area (Å²) in [4.78, 5) is 12.1. The second kappa shape index (κ2) is 4.76. The molecule has 1 aromatic heterocycles. The third-order valence-corrected chi connectivity index (χ3v) is 4.15. The van der Waals surface area contributed by atoms with Crippen LogP contribution in [0.5, 0.6) is 0 Å². The van der Waals surface area contributed by atoms with Gasteiger partial charge in [-0.15, -0.1) is 0 Å². The molecule has 0 radical (unpaired) electrons. The van der Waals surface area contributed by atoms with Crippen LogP contribution >= 0.6 is 23.2 Å². The second-order valence-corrected chi connectivity index (χ2v) is 6.13. The summed E-state index contributed by atoms with van der Waals surface area (Å²) in [7, 11) is 1.65. The number of aliphatic hydroxyl groups is 1. The molecular weight excluding hydrogens is 275 g/mol. The van der Waals surface area contributed by atoms with E-state index in [1.54, 1.807) is 34.7 Å². The van der Waals surface area contributed by atoms with Gasteiger partial charge in [-0.2, -0.15) is 0 Å². The Bertz CT molecular complexity index is 473. The Kier molecular flexibility index (Phi) is 4.06. The van der Waals surface area contributed by atoms with Gasteiger partial charge in [-0.1, -0.05) is 23.2 Å². The van der Waals surface area contributed by atoms with Crippen LogP contribution in [0.1, 0.15) is 38.2 Å². The molecule has 4 nitrogen and oxygen atoms in total. The molecule has 0 fully saturated rings. The summed E-state index contributed by atoms with van der Waals surface area (Å²) in [6.07, 6.45) is 0. The minimum absolute atomic E-state index is 0.308. The lowest BCUT2D eigenvalue weighted by Crippen LogP contribution is -2.57. The minimum Gasteiger partial charge on any atom is -0.388 e. The van der Waals surface area contributed by atoms with Crippen molar-refractivity contribution in [2.45, 2.75) is 38.8 Å². The lowest BCUT2D eigenvalue weighted by atomic mass is 9.86. The van der Waals surface area contributed by atoms with Crippen LogP contribution in [0.15, 0.2) is 6.07 Å². The average molecular weight is 293 g/mol. The molecule has 6 heteroatoms. The Hall–Kier alpha value is -0.710. The van der Waals surface area contributed by atoms with Crippen LogP contribution in [0.2, 0.25) is 10.2 Å². The molecule has 0 saturated carbocycles. The number of aromatic nitrogens is 1. The van der Waals surface area contributed by atoms with Crippen molar-refractivity contribution in [2.75, 3.05) is 0 Å². The predicted molar refractivity (Wildman–Crippen MR) is 73.3 cm³/mol. The molecule has 0 spiro atoms. The smallest absolute Gasteiger partial charge is 0.268 e. The standard InChI is InChI=1S/C12H18Cl2N2O2/c1-11(2,12(3,4)18)15-10(17)8-6-7(13)9(14)16(8)5/h6,18H,1-5H3,(H,15,17). The molecule has 0 aliphatic heterocycles. The van der Waals surface area contributed by atoms with Crippen LogP contribution in [0.25, 0.3) is 0 Å². The van der Waals surface area contributed by atoms with E-state index in [0.717, 1.165) is 0 Å². The molecule has 18 heavy (non-hydrogen) atoms. The maximum absolute atomic E-state index is 12.1. The Morgan fingerprint density at radius 2 is 1.83 bits per heavy atom. The fourth-order valence-corrected chi connectivity index (χ4v) is 1.64. The zero-order valence-electron chi connectivity index (χ0n) is 11.1. The topological polar surface area (TPSA) is 54.3 Å². The van der Waals surface area contributed by atoms with Gasteiger partial charge < -0.3 is 15.0 Å². The maximum atomic E-state index is 12.1. The molecule has 2 N–H and O–H groups in total. The molecule has 1 rings (SSSR count). The van der Waals surface area contributed by atoms with E-state index in [1.807, 2.05) is 0 Å². The van der Waals surface area contributed by atoms with Gasteiger partial charge in [-0.05, 0) is 33.8 Å². The van der Waals surface area contributed by atoms with Crippen LogP contribution in [0, 0.1) is 0 Å². The lowest BCUT2D eigenvalue weighted by molar-refractivity contribution is -0.00308. The van der Waals surface area contributed by atoms with Gasteiger partial charge in [-0.25, -0.2) is 0 Å². The predicted octanol–water partition coefficient (Wildman–Crippen LogP) is 2.61. The highest BCUT2D eigenvalue weighted by atomic mass is 35.5. The van der Waals surface area contributed by atoms with E-state index in [4.69, 9.17) is 23.2 Å². The van der Waals surface area contributed by atoms with Gasteiger partial charge in [0.2, 0.25) is 0 Å². The first-order chi connectivity index (χ1) is 7.97. The van der Waals surface area contributed by atoms with Crippen LogP contribution in [-0.4, -0.2) is 26.7 Å². The van der Waals surface area contributed by atoms with E-state index >= 15 is 0 Å². The first-order valence-corrected chi connectivity index (χ1v) is 6.28. The molecule has 1 amide bonds. The summed E-state index contributed by atoms with van der Waals surface area (Å²) in [5, 5.41) is 13.4. The molecule has 0 aliphatic carbocycles. The highest BCUT2D eigenvalue weighted by Gasteiger charge is 2.37. The molecule has 1 heterocycles. The summed E-state index contributed by atoms with van der Waals surface area (Å²) >= 11 is 11.8. The Morgan fingerprint density at radius 3 is 2.17 bits per heavy atom.